The zero-order valence-electron chi connectivity index (χ0n) is 10.8. The normalized spacial score (nSPS) is 12.3. The van der Waals surface area contributed by atoms with Crippen molar-refractivity contribution in [2.75, 3.05) is 26.7 Å². The van der Waals surface area contributed by atoms with Gasteiger partial charge in [-0.1, -0.05) is 13.8 Å². The van der Waals surface area contributed by atoms with Gasteiger partial charge in [-0.2, -0.15) is 0 Å². The van der Waals surface area contributed by atoms with Crippen LogP contribution >= 0.6 is 0 Å². The van der Waals surface area contributed by atoms with Gasteiger partial charge in [-0.3, -0.25) is 9.59 Å². The second-order valence-electron chi connectivity index (χ2n) is 4.20. The van der Waals surface area contributed by atoms with Crippen LogP contribution in [0.3, 0.4) is 0 Å². The largest absolute Gasteiger partial charge is 0.370 e. The van der Waals surface area contributed by atoms with Gasteiger partial charge in [0.15, 0.2) is 0 Å². The molecular weight excluding hydrogens is 222 g/mol. The fraction of sp³-hybridized carbons (Fsp3) is 0.818. The van der Waals surface area contributed by atoms with E-state index in [1.807, 2.05) is 13.8 Å². The summed E-state index contributed by atoms with van der Waals surface area (Å²) in [6, 6.07) is 0. The Morgan fingerprint density at radius 2 is 1.94 bits per heavy atom. The summed E-state index contributed by atoms with van der Waals surface area (Å²) in [5.41, 5.74) is 5.33. The van der Waals surface area contributed by atoms with Gasteiger partial charge in [0.05, 0.1) is 0 Å². The molecule has 0 aromatic heterocycles. The molecule has 6 heteroatoms. The molecular formula is C11H23N3O3. The summed E-state index contributed by atoms with van der Waals surface area (Å²) in [5.74, 6) is 0.0658. The molecule has 6 nitrogen and oxygen atoms in total. The molecule has 0 fully saturated rings. The SMILES string of the molecule is COC(CN)C(=O)NCCC(=O)NCC(C)C. The van der Waals surface area contributed by atoms with Crippen molar-refractivity contribution in [1.29, 1.82) is 0 Å². The maximum absolute atomic E-state index is 11.4. The summed E-state index contributed by atoms with van der Waals surface area (Å²) in [7, 11) is 1.42. The maximum Gasteiger partial charge on any atom is 0.250 e. The molecule has 0 rings (SSSR count). The molecule has 4 N–H and O–H groups in total. The smallest absolute Gasteiger partial charge is 0.250 e. The van der Waals surface area contributed by atoms with Crippen LogP contribution in [0.4, 0.5) is 0 Å². The lowest BCUT2D eigenvalue weighted by Crippen LogP contribution is -2.42. The topological polar surface area (TPSA) is 93.4 Å². The molecule has 2 amide bonds. The third-order valence-corrected chi connectivity index (χ3v) is 2.15. The standard InChI is InChI=1S/C11H23N3O3/c1-8(2)7-14-10(15)4-5-13-11(16)9(6-12)17-3/h8-9H,4-7,12H2,1-3H3,(H,13,16)(H,14,15). The number of ether oxygens (including phenoxy) is 1. The molecule has 0 saturated heterocycles. The molecule has 0 aromatic rings. The number of nitrogens with one attached hydrogen (secondary N) is 2. The van der Waals surface area contributed by atoms with Gasteiger partial charge in [0.1, 0.15) is 6.10 Å². The Bertz CT molecular complexity index is 240. The second-order valence-corrected chi connectivity index (χ2v) is 4.20. The van der Waals surface area contributed by atoms with E-state index in [1.165, 1.54) is 7.11 Å². The zero-order chi connectivity index (χ0) is 13.3. The Morgan fingerprint density at radius 1 is 1.29 bits per heavy atom. The van der Waals surface area contributed by atoms with Crippen molar-refractivity contribution >= 4 is 11.8 Å². The molecule has 1 unspecified atom stereocenters. The predicted octanol–water partition coefficient (Wildman–Crippen LogP) is -0.761. The summed E-state index contributed by atoms with van der Waals surface area (Å²) in [4.78, 5) is 22.7. The van der Waals surface area contributed by atoms with Crippen molar-refractivity contribution in [1.82, 2.24) is 10.6 Å². The Labute approximate surface area is 102 Å². The van der Waals surface area contributed by atoms with Crippen molar-refractivity contribution in [3.63, 3.8) is 0 Å². The van der Waals surface area contributed by atoms with Crippen molar-refractivity contribution in [2.45, 2.75) is 26.4 Å². The van der Waals surface area contributed by atoms with Crippen molar-refractivity contribution in [2.24, 2.45) is 11.7 Å². The molecule has 0 radical (unpaired) electrons. The van der Waals surface area contributed by atoms with E-state index in [0.717, 1.165) is 0 Å². The molecule has 1 atom stereocenters. The highest BCUT2D eigenvalue weighted by Crippen LogP contribution is 1.89. The number of rotatable bonds is 8. The first-order valence-corrected chi connectivity index (χ1v) is 5.78. The molecule has 0 saturated carbocycles. The van der Waals surface area contributed by atoms with Gasteiger partial charge in [-0.05, 0) is 5.92 Å². The van der Waals surface area contributed by atoms with Gasteiger partial charge in [0.25, 0.3) is 0 Å². The van der Waals surface area contributed by atoms with Gasteiger partial charge in [0.2, 0.25) is 11.8 Å². The molecule has 0 heterocycles. The van der Waals surface area contributed by atoms with Crippen LogP contribution in [-0.4, -0.2) is 44.7 Å². The fourth-order valence-electron chi connectivity index (χ4n) is 1.13. The summed E-state index contributed by atoms with van der Waals surface area (Å²) >= 11 is 0. The van der Waals surface area contributed by atoms with E-state index in [9.17, 15) is 9.59 Å². The minimum atomic E-state index is -0.645. The number of nitrogens with two attached hydrogens (primary N) is 1. The average Bonchev–Trinajstić information content (AvgIpc) is 2.28. The number of amides is 2. The molecule has 100 valence electrons. The Hall–Kier alpha value is -1.14. The third kappa shape index (κ3) is 7.70. The third-order valence-electron chi connectivity index (χ3n) is 2.15. The summed E-state index contributed by atoms with van der Waals surface area (Å²) in [6.07, 6.45) is -0.381. The second kappa shape index (κ2) is 8.95. The number of carbonyl (C=O) groups is 2. The van der Waals surface area contributed by atoms with Crippen molar-refractivity contribution in [3.8, 4) is 0 Å². The fourth-order valence-corrected chi connectivity index (χ4v) is 1.13. The van der Waals surface area contributed by atoms with E-state index in [0.29, 0.717) is 19.0 Å². The Kier molecular flexibility index (Phi) is 8.35. The van der Waals surface area contributed by atoms with E-state index in [2.05, 4.69) is 10.6 Å². The van der Waals surface area contributed by atoms with Crippen LogP contribution in [0.1, 0.15) is 20.3 Å². The van der Waals surface area contributed by atoms with Gasteiger partial charge in [0, 0.05) is 33.2 Å². The lowest BCUT2D eigenvalue weighted by Gasteiger charge is -2.13. The van der Waals surface area contributed by atoms with Crippen LogP contribution in [0.25, 0.3) is 0 Å². The van der Waals surface area contributed by atoms with Crippen LogP contribution in [0.2, 0.25) is 0 Å². The van der Waals surface area contributed by atoms with E-state index < -0.39 is 6.10 Å². The van der Waals surface area contributed by atoms with E-state index in [-0.39, 0.29) is 24.8 Å². The highest BCUT2D eigenvalue weighted by atomic mass is 16.5. The quantitative estimate of drug-likeness (QED) is 0.524. The van der Waals surface area contributed by atoms with Gasteiger partial charge >= 0.3 is 0 Å². The minimum absolute atomic E-state index is 0.0688. The highest BCUT2D eigenvalue weighted by Gasteiger charge is 2.15. The van der Waals surface area contributed by atoms with Crippen LogP contribution in [0.5, 0.6) is 0 Å². The minimum Gasteiger partial charge on any atom is -0.370 e. The van der Waals surface area contributed by atoms with Crippen molar-refractivity contribution in [3.05, 3.63) is 0 Å². The van der Waals surface area contributed by atoms with Gasteiger partial charge in [-0.25, -0.2) is 0 Å². The monoisotopic (exact) mass is 245 g/mol. The average molecular weight is 245 g/mol. The first kappa shape index (κ1) is 15.9. The van der Waals surface area contributed by atoms with E-state index >= 15 is 0 Å². The molecule has 0 aliphatic rings. The van der Waals surface area contributed by atoms with Crippen molar-refractivity contribution < 1.29 is 14.3 Å². The summed E-state index contributed by atoms with van der Waals surface area (Å²) in [5, 5.41) is 5.37. The van der Waals surface area contributed by atoms with Crippen LogP contribution in [-0.2, 0) is 14.3 Å². The van der Waals surface area contributed by atoms with Gasteiger partial charge < -0.3 is 21.1 Å². The molecule has 0 bridgehead atoms. The maximum atomic E-state index is 11.4. The highest BCUT2D eigenvalue weighted by molar-refractivity contribution is 5.82. The first-order chi connectivity index (χ1) is 8.01. The summed E-state index contributed by atoms with van der Waals surface area (Å²) < 4.78 is 4.86. The van der Waals surface area contributed by atoms with Crippen LogP contribution < -0.4 is 16.4 Å². The van der Waals surface area contributed by atoms with E-state index in [4.69, 9.17) is 10.5 Å². The lowest BCUT2D eigenvalue weighted by molar-refractivity contribution is -0.130. The Balaban J connectivity index is 3.69. The Morgan fingerprint density at radius 3 is 2.41 bits per heavy atom. The molecule has 17 heavy (non-hydrogen) atoms. The summed E-state index contributed by atoms with van der Waals surface area (Å²) in [6.45, 7) is 5.11. The van der Waals surface area contributed by atoms with Gasteiger partial charge in [-0.15, -0.1) is 0 Å². The predicted molar refractivity (Wildman–Crippen MR) is 65.3 cm³/mol. The molecule has 0 aliphatic carbocycles. The molecule has 0 spiro atoms. The number of hydrogen-bond donors (Lipinski definition) is 3. The lowest BCUT2D eigenvalue weighted by atomic mass is 10.2. The number of hydrogen-bond acceptors (Lipinski definition) is 4. The zero-order valence-corrected chi connectivity index (χ0v) is 10.8. The van der Waals surface area contributed by atoms with E-state index in [1.54, 1.807) is 0 Å². The number of carbonyl (C=O) groups excluding carboxylic acids is 2. The number of methoxy groups -OCH3 is 1. The first-order valence-electron chi connectivity index (χ1n) is 5.78. The van der Waals surface area contributed by atoms with Crippen LogP contribution in [0.15, 0.2) is 0 Å². The van der Waals surface area contributed by atoms with Crippen LogP contribution in [0, 0.1) is 5.92 Å². The molecule has 0 aromatic carbocycles. The molecule has 0 aliphatic heterocycles.